The quantitative estimate of drug-likeness (QED) is 0.812. The van der Waals surface area contributed by atoms with Gasteiger partial charge in [0.15, 0.2) is 11.5 Å². The molecule has 0 aromatic heterocycles. The minimum Gasteiger partial charge on any atom is -0.493 e. The molecule has 0 bridgehead atoms. The maximum Gasteiger partial charge on any atom is 0.226 e. The van der Waals surface area contributed by atoms with Gasteiger partial charge in [0.1, 0.15) is 6.07 Å². The van der Waals surface area contributed by atoms with Gasteiger partial charge in [0, 0.05) is 31.6 Å². The smallest absolute Gasteiger partial charge is 0.226 e. The lowest BCUT2D eigenvalue weighted by Gasteiger charge is -2.22. The van der Waals surface area contributed by atoms with E-state index in [-0.39, 0.29) is 24.8 Å². The number of ether oxygens (including phenoxy) is 2. The number of nitriles is 1. The number of anilines is 2. The lowest BCUT2D eigenvalue weighted by Crippen LogP contribution is -2.32. The highest BCUT2D eigenvalue weighted by molar-refractivity contribution is 5.95. The van der Waals surface area contributed by atoms with Crippen LogP contribution < -0.4 is 19.7 Å². The summed E-state index contributed by atoms with van der Waals surface area (Å²) in [5.74, 6) is 0.557. The van der Waals surface area contributed by atoms with Gasteiger partial charge in [0.2, 0.25) is 11.8 Å². The zero-order valence-corrected chi connectivity index (χ0v) is 15.5. The molecule has 7 heteroatoms. The molecule has 1 N–H and O–H groups in total. The number of amides is 2. The predicted octanol–water partition coefficient (Wildman–Crippen LogP) is 2.96. The second-order valence-electron chi connectivity index (χ2n) is 5.67. The first kappa shape index (κ1) is 19.8. The van der Waals surface area contributed by atoms with Crippen molar-refractivity contribution in [2.24, 2.45) is 0 Å². The first-order valence-corrected chi connectivity index (χ1v) is 8.29. The van der Waals surface area contributed by atoms with Crippen LogP contribution in [0.15, 0.2) is 42.5 Å². The molecule has 0 atom stereocenters. The van der Waals surface area contributed by atoms with E-state index in [9.17, 15) is 9.59 Å². The average Bonchev–Trinajstić information content (AvgIpc) is 2.68. The number of para-hydroxylation sites is 1. The van der Waals surface area contributed by atoms with Gasteiger partial charge in [0.05, 0.1) is 25.5 Å². The molecule has 0 fully saturated rings. The van der Waals surface area contributed by atoms with Gasteiger partial charge in [0.25, 0.3) is 0 Å². The summed E-state index contributed by atoms with van der Waals surface area (Å²) in [6.45, 7) is 1.62. The van der Waals surface area contributed by atoms with Gasteiger partial charge in [-0.25, -0.2) is 0 Å². The second kappa shape index (κ2) is 9.25. The predicted molar refractivity (Wildman–Crippen MR) is 102 cm³/mol. The highest BCUT2D eigenvalue weighted by atomic mass is 16.5. The zero-order chi connectivity index (χ0) is 19.8. The van der Waals surface area contributed by atoms with Crippen molar-refractivity contribution in [2.75, 3.05) is 31.0 Å². The van der Waals surface area contributed by atoms with Crippen LogP contribution in [0.25, 0.3) is 0 Å². The van der Waals surface area contributed by atoms with Crippen molar-refractivity contribution < 1.29 is 19.1 Å². The lowest BCUT2D eigenvalue weighted by molar-refractivity contribution is -0.117. The number of benzene rings is 2. The molecule has 0 unspecified atom stereocenters. The average molecular weight is 367 g/mol. The van der Waals surface area contributed by atoms with E-state index in [0.29, 0.717) is 28.4 Å². The van der Waals surface area contributed by atoms with Crippen LogP contribution in [0, 0.1) is 11.3 Å². The van der Waals surface area contributed by atoms with E-state index < -0.39 is 0 Å². The third kappa shape index (κ3) is 4.98. The van der Waals surface area contributed by atoms with Crippen LogP contribution in [0.3, 0.4) is 0 Å². The summed E-state index contributed by atoms with van der Waals surface area (Å²) in [4.78, 5) is 25.8. The van der Waals surface area contributed by atoms with Crippen LogP contribution in [0.1, 0.15) is 18.9 Å². The van der Waals surface area contributed by atoms with Gasteiger partial charge in [-0.3, -0.25) is 9.59 Å². The van der Waals surface area contributed by atoms with Crippen LogP contribution in [-0.4, -0.2) is 32.6 Å². The number of rotatable bonds is 7. The van der Waals surface area contributed by atoms with E-state index in [1.54, 1.807) is 42.5 Å². The Morgan fingerprint density at radius 2 is 1.81 bits per heavy atom. The SMILES string of the molecule is COc1ccc(N(CCC(=O)Nc2ccccc2C#N)C(C)=O)cc1OC. The topological polar surface area (TPSA) is 91.7 Å². The monoisotopic (exact) mass is 367 g/mol. The molecule has 0 radical (unpaired) electrons. The Labute approximate surface area is 158 Å². The summed E-state index contributed by atoms with van der Waals surface area (Å²) in [5.41, 5.74) is 1.44. The van der Waals surface area contributed by atoms with Crippen molar-refractivity contribution in [2.45, 2.75) is 13.3 Å². The summed E-state index contributed by atoms with van der Waals surface area (Å²) in [7, 11) is 3.05. The number of methoxy groups -OCH3 is 2. The van der Waals surface area contributed by atoms with Gasteiger partial charge >= 0.3 is 0 Å². The molecule has 2 amide bonds. The molecule has 0 spiro atoms. The Kier molecular flexibility index (Phi) is 6.78. The van der Waals surface area contributed by atoms with Crippen molar-refractivity contribution in [3.8, 4) is 17.6 Å². The number of carbonyl (C=O) groups is 2. The number of nitrogens with zero attached hydrogens (tertiary/aromatic N) is 2. The second-order valence-corrected chi connectivity index (χ2v) is 5.67. The molecule has 0 heterocycles. The van der Waals surface area contributed by atoms with Crippen LogP contribution in [-0.2, 0) is 9.59 Å². The van der Waals surface area contributed by atoms with E-state index in [1.807, 2.05) is 6.07 Å². The molecule has 7 nitrogen and oxygen atoms in total. The summed E-state index contributed by atoms with van der Waals surface area (Å²) in [5, 5.41) is 11.8. The summed E-state index contributed by atoms with van der Waals surface area (Å²) >= 11 is 0. The van der Waals surface area contributed by atoms with Crippen LogP contribution in [0.4, 0.5) is 11.4 Å². The number of carbonyl (C=O) groups excluding carboxylic acids is 2. The highest BCUT2D eigenvalue weighted by Crippen LogP contribution is 2.31. The molecular formula is C20H21N3O4. The lowest BCUT2D eigenvalue weighted by atomic mass is 10.2. The normalized spacial score (nSPS) is 9.85. The standard InChI is InChI=1S/C20H21N3O4/c1-14(24)23(16-8-9-18(26-2)19(12-16)27-3)11-10-20(25)22-17-7-5-4-6-15(17)13-21/h4-9,12H,10-11H2,1-3H3,(H,22,25). The first-order valence-electron chi connectivity index (χ1n) is 8.29. The molecule has 0 aliphatic rings. The molecule has 0 aliphatic heterocycles. The summed E-state index contributed by atoms with van der Waals surface area (Å²) in [6, 6.07) is 13.9. The van der Waals surface area contributed by atoms with Crippen molar-refractivity contribution in [3.63, 3.8) is 0 Å². The minimum atomic E-state index is -0.288. The zero-order valence-electron chi connectivity index (χ0n) is 15.5. The third-order valence-electron chi connectivity index (χ3n) is 3.94. The maximum absolute atomic E-state index is 12.3. The Hall–Kier alpha value is -3.53. The first-order chi connectivity index (χ1) is 13.0. The van der Waals surface area contributed by atoms with Crippen LogP contribution >= 0.6 is 0 Å². The molecule has 2 aromatic carbocycles. The van der Waals surface area contributed by atoms with Crippen molar-refractivity contribution >= 4 is 23.2 Å². The van der Waals surface area contributed by atoms with Gasteiger partial charge in [-0.05, 0) is 24.3 Å². The van der Waals surface area contributed by atoms with E-state index in [2.05, 4.69) is 5.32 Å². The molecule has 140 valence electrons. The van der Waals surface area contributed by atoms with Crippen molar-refractivity contribution in [1.29, 1.82) is 5.26 Å². The molecule has 0 aliphatic carbocycles. The van der Waals surface area contributed by atoms with E-state index in [1.165, 1.54) is 26.0 Å². The van der Waals surface area contributed by atoms with E-state index in [0.717, 1.165) is 0 Å². The molecule has 0 saturated carbocycles. The maximum atomic E-state index is 12.3. The summed E-state index contributed by atoms with van der Waals surface area (Å²) < 4.78 is 10.5. The molecule has 2 aromatic rings. The third-order valence-corrected chi connectivity index (χ3v) is 3.94. The molecule has 0 saturated heterocycles. The number of hydrogen-bond donors (Lipinski definition) is 1. The minimum absolute atomic E-state index is 0.0771. The van der Waals surface area contributed by atoms with Gasteiger partial charge in [-0.2, -0.15) is 5.26 Å². The van der Waals surface area contributed by atoms with E-state index >= 15 is 0 Å². The van der Waals surface area contributed by atoms with Gasteiger partial charge < -0.3 is 19.7 Å². The fraction of sp³-hybridized carbons (Fsp3) is 0.250. The van der Waals surface area contributed by atoms with Crippen LogP contribution in [0.2, 0.25) is 0 Å². The Balaban J connectivity index is 2.10. The van der Waals surface area contributed by atoms with Crippen LogP contribution in [0.5, 0.6) is 11.5 Å². The fourth-order valence-electron chi connectivity index (χ4n) is 2.58. The number of nitrogens with one attached hydrogen (secondary N) is 1. The van der Waals surface area contributed by atoms with Gasteiger partial charge in [-0.1, -0.05) is 12.1 Å². The fourth-order valence-corrected chi connectivity index (χ4v) is 2.58. The molecular weight excluding hydrogens is 346 g/mol. The highest BCUT2D eigenvalue weighted by Gasteiger charge is 2.16. The summed E-state index contributed by atoms with van der Waals surface area (Å²) in [6.07, 6.45) is 0.0771. The Bertz CT molecular complexity index is 874. The number of hydrogen-bond acceptors (Lipinski definition) is 5. The largest absolute Gasteiger partial charge is 0.493 e. The van der Waals surface area contributed by atoms with Crippen molar-refractivity contribution in [3.05, 3.63) is 48.0 Å². The Morgan fingerprint density at radius 1 is 1.11 bits per heavy atom. The molecule has 2 rings (SSSR count). The molecule has 27 heavy (non-hydrogen) atoms. The van der Waals surface area contributed by atoms with Crippen molar-refractivity contribution in [1.82, 2.24) is 0 Å². The Morgan fingerprint density at radius 3 is 2.44 bits per heavy atom. The van der Waals surface area contributed by atoms with E-state index in [4.69, 9.17) is 14.7 Å². The van der Waals surface area contributed by atoms with Gasteiger partial charge in [-0.15, -0.1) is 0 Å².